The molecule has 0 heterocycles. The maximum Gasteiger partial charge on any atom is 0.337 e. The summed E-state index contributed by atoms with van der Waals surface area (Å²) in [6, 6.07) is 14.4. The van der Waals surface area contributed by atoms with Gasteiger partial charge in [0.25, 0.3) is 0 Å². The van der Waals surface area contributed by atoms with Crippen LogP contribution in [0.2, 0.25) is 0 Å². The van der Waals surface area contributed by atoms with Crippen molar-refractivity contribution in [2.45, 2.75) is 13.0 Å². The van der Waals surface area contributed by atoms with E-state index in [2.05, 4.69) is 0 Å². The van der Waals surface area contributed by atoms with Crippen molar-refractivity contribution in [2.24, 2.45) is 0 Å². The largest absolute Gasteiger partial charge is 0.484 e. The summed E-state index contributed by atoms with van der Waals surface area (Å²) in [6.45, 7) is 1.89. The van der Waals surface area contributed by atoms with Gasteiger partial charge in [0.2, 0.25) is 0 Å². The monoisotopic (exact) mass is 257 g/mol. The highest BCUT2D eigenvalue weighted by Crippen LogP contribution is 2.29. The Balaban J connectivity index is 2.25. The summed E-state index contributed by atoms with van der Waals surface area (Å²) in [5.74, 6) is -0.674. The molecule has 19 heavy (non-hydrogen) atoms. The molecule has 2 rings (SSSR count). The number of ether oxygens (including phenoxy) is 1. The molecule has 4 nitrogen and oxygen atoms in total. The van der Waals surface area contributed by atoms with Crippen molar-refractivity contribution in [3.63, 3.8) is 0 Å². The van der Waals surface area contributed by atoms with E-state index in [1.807, 2.05) is 37.3 Å². The molecule has 3 N–H and O–H groups in total. The van der Waals surface area contributed by atoms with Crippen LogP contribution in [0.3, 0.4) is 0 Å². The van der Waals surface area contributed by atoms with E-state index >= 15 is 0 Å². The van der Waals surface area contributed by atoms with Crippen molar-refractivity contribution in [3.05, 3.63) is 59.7 Å². The first kappa shape index (κ1) is 13.0. The minimum Gasteiger partial charge on any atom is -0.484 e. The van der Waals surface area contributed by atoms with Crippen LogP contribution in [0.1, 0.15) is 28.9 Å². The average Bonchev–Trinajstić information content (AvgIpc) is 2.41. The smallest absolute Gasteiger partial charge is 0.337 e. The molecule has 2 aromatic carbocycles. The number of para-hydroxylation sites is 1. The molecule has 0 aliphatic rings. The number of aromatic carboxylic acids is 1. The van der Waals surface area contributed by atoms with E-state index in [9.17, 15) is 4.79 Å². The third-order valence-corrected chi connectivity index (χ3v) is 2.87. The SMILES string of the molecule is CC(Oc1cccc(C(=O)O)c1N)c1ccccc1. The molecule has 98 valence electrons. The Labute approximate surface area is 111 Å². The molecular formula is C15H15NO3. The van der Waals surface area contributed by atoms with Gasteiger partial charge in [-0.05, 0) is 24.6 Å². The molecular weight excluding hydrogens is 242 g/mol. The maximum absolute atomic E-state index is 11.0. The van der Waals surface area contributed by atoms with Gasteiger partial charge in [-0.15, -0.1) is 0 Å². The molecule has 0 aliphatic heterocycles. The second-order valence-electron chi connectivity index (χ2n) is 4.19. The Morgan fingerprint density at radius 2 is 1.84 bits per heavy atom. The van der Waals surface area contributed by atoms with E-state index in [1.165, 1.54) is 6.07 Å². The normalized spacial score (nSPS) is 11.8. The third kappa shape index (κ3) is 2.85. The number of carboxylic acids is 1. The van der Waals surface area contributed by atoms with Gasteiger partial charge in [0.1, 0.15) is 11.9 Å². The number of carbonyl (C=O) groups is 1. The van der Waals surface area contributed by atoms with Crippen molar-refractivity contribution in [1.82, 2.24) is 0 Å². The van der Waals surface area contributed by atoms with Crippen LogP contribution in [-0.4, -0.2) is 11.1 Å². The van der Waals surface area contributed by atoms with Crippen molar-refractivity contribution < 1.29 is 14.6 Å². The summed E-state index contributed by atoms with van der Waals surface area (Å²) in [7, 11) is 0. The van der Waals surface area contributed by atoms with Crippen LogP contribution in [0.15, 0.2) is 48.5 Å². The van der Waals surface area contributed by atoms with Crippen LogP contribution in [0, 0.1) is 0 Å². The lowest BCUT2D eigenvalue weighted by Crippen LogP contribution is -2.08. The predicted octanol–water partition coefficient (Wildman–Crippen LogP) is 3.11. The Hall–Kier alpha value is -2.49. The zero-order chi connectivity index (χ0) is 13.8. The fourth-order valence-corrected chi connectivity index (χ4v) is 1.82. The average molecular weight is 257 g/mol. The summed E-state index contributed by atoms with van der Waals surface area (Å²) in [6.07, 6.45) is -0.201. The highest BCUT2D eigenvalue weighted by molar-refractivity contribution is 5.95. The van der Waals surface area contributed by atoms with E-state index in [0.717, 1.165) is 5.56 Å². The van der Waals surface area contributed by atoms with Crippen LogP contribution in [-0.2, 0) is 0 Å². The standard InChI is InChI=1S/C15H15NO3/c1-10(11-6-3-2-4-7-11)19-13-9-5-8-12(14(13)16)15(17)18/h2-10H,16H2,1H3,(H,17,18). The first-order valence-corrected chi connectivity index (χ1v) is 5.93. The third-order valence-electron chi connectivity index (χ3n) is 2.87. The first-order valence-electron chi connectivity index (χ1n) is 5.93. The molecule has 4 heteroatoms. The van der Waals surface area contributed by atoms with Crippen LogP contribution in [0.4, 0.5) is 5.69 Å². The second-order valence-corrected chi connectivity index (χ2v) is 4.19. The van der Waals surface area contributed by atoms with Crippen LogP contribution in [0.5, 0.6) is 5.75 Å². The van der Waals surface area contributed by atoms with Crippen LogP contribution in [0.25, 0.3) is 0 Å². The molecule has 0 fully saturated rings. The number of rotatable bonds is 4. The quantitative estimate of drug-likeness (QED) is 0.825. The highest BCUT2D eigenvalue weighted by Gasteiger charge is 2.14. The second kappa shape index (κ2) is 5.44. The van der Waals surface area contributed by atoms with Crippen molar-refractivity contribution in [1.29, 1.82) is 0 Å². The van der Waals surface area contributed by atoms with Gasteiger partial charge < -0.3 is 15.6 Å². The van der Waals surface area contributed by atoms with Gasteiger partial charge in [0.05, 0.1) is 11.3 Å². The van der Waals surface area contributed by atoms with Crippen molar-refractivity contribution >= 4 is 11.7 Å². The van der Waals surface area contributed by atoms with E-state index in [-0.39, 0.29) is 17.4 Å². The fourth-order valence-electron chi connectivity index (χ4n) is 1.82. The Kier molecular flexibility index (Phi) is 3.71. The van der Waals surface area contributed by atoms with E-state index in [4.69, 9.17) is 15.6 Å². The zero-order valence-electron chi connectivity index (χ0n) is 10.5. The van der Waals surface area contributed by atoms with E-state index in [1.54, 1.807) is 12.1 Å². The first-order chi connectivity index (χ1) is 9.09. The molecule has 1 atom stereocenters. The summed E-state index contributed by atoms with van der Waals surface area (Å²) >= 11 is 0. The Morgan fingerprint density at radius 3 is 2.47 bits per heavy atom. The number of hydrogen-bond acceptors (Lipinski definition) is 3. The molecule has 0 aromatic heterocycles. The minimum absolute atomic E-state index is 0.0535. The Morgan fingerprint density at radius 1 is 1.16 bits per heavy atom. The van der Waals surface area contributed by atoms with Gasteiger partial charge in [0.15, 0.2) is 0 Å². The molecule has 0 aliphatic carbocycles. The topological polar surface area (TPSA) is 72.5 Å². The minimum atomic E-state index is -1.06. The lowest BCUT2D eigenvalue weighted by atomic mass is 10.1. The highest BCUT2D eigenvalue weighted by atomic mass is 16.5. The van der Waals surface area contributed by atoms with Gasteiger partial charge in [-0.3, -0.25) is 0 Å². The van der Waals surface area contributed by atoms with Crippen LogP contribution >= 0.6 is 0 Å². The number of carboxylic acid groups (broad SMARTS) is 1. The van der Waals surface area contributed by atoms with Gasteiger partial charge >= 0.3 is 5.97 Å². The molecule has 0 bridgehead atoms. The number of benzene rings is 2. The number of nitrogen functional groups attached to an aromatic ring is 1. The van der Waals surface area contributed by atoms with Gasteiger partial charge in [0, 0.05) is 0 Å². The molecule has 0 saturated heterocycles. The summed E-state index contributed by atoms with van der Waals surface area (Å²) < 4.78 is 5.73. The fraction of sp³-hybridized carbons (Fsp3) is 0.133. The zero-order valence-corrected chi connectivity index (χ0v) is 10.5. The van der Waals surface area contributed by atoms with Crippen molar-refractivity contribution in [3.8, 4) is 5.75 Å². The molecule has 0 spiro atoms. The lowest BCUT2D eigenvalue weighted by molar-refractivity contribution is 0.0697. The molecule has 0 radical (unpaired) electrons. The number of nitrogens with two attached hydrogens (primary N) is 1. The van der Waals surface area contributed by atoms with E-state index < -0.39 is 5.97 Å². The molecule has 0 amide bonds. The summed E-state index contributed by atoms with van der Waals surface area (Å²) in [4.78, 5) is 11.0. The summed E-state index contributed by atoms with van der Waals surface area (Å²) in [5, 5.41) is 9.01. The lowest BCUT2D eigenvalue weighted by Gasteiger charge is -2.17. The molecule has 0 saturated carbocycles. The molecule has 2 aromatic rings. The predicted molar refractivity (Wildman–Crippen MR) is 73.3 cm³/mol. The molecule has 1 unspecified atom stereocenters. The van der Waals surface area contributed by atoms with Gasteiger partial charge in [-0.1, -0.05) is 36.4 Å². The van der Waals surface area contributed by atoms with Gasteiger partial charge in [-0.2, -0.15) is 0 Å². The van der Waals surface area contributed by atoms with E-state index in [0.29, 0.717) is 5.75 Å². The number of hydrogen-bond donors (Lipinski definition) is 2. The number of anilines is 1. The van der Waals surface area contributed by atoms with Crippen molar-refractivity contribution in [2.75, 3.05) is 5.73 Å². The van der Waals surface area contributed by atoms with Gasteiger partial charge in [-0.25, -0.2) is 4.79 Å². The maximum atomic E-state index is 11.0. The van der Waals surface area contributed by atoms with Crippen LogP contribution < -0.4 is 10.5 Å². The Bertz CT molecular complexity index is 581. The summed E-state index contributed by atoms with van der Waals surface area (Å²) in [5.41, 5.74) is 7.01.